The van der Waals surface area contributed by atoms with Gasteiger partial charge in [0.15, 0.2) is 0 Å². The number of benzene rings is 1. The van der Waals surface area contributed by atoms with Gasteiger partial charge >= 0.3 is 0 Å². The number of carbonyl (C=O) groups is 1. The van der Waals surface area contributed by atoms with Crippen molar-refractivity contribution in [2.45, 2.75) is 6.04 Å². The molecule has 1 aromatic carbocycles. The van der Waals surface area contributed by atoms with Crippen LogP contribution in [0.2, 0.25) is 0 Å². The van der Waals surface area contributed by atoms with E-state index in [2.05, 4.69) is 5.32 Å². The Morgan fingerprint density at radius 1 is 1.36 bits per heavy atom. The number of hydrogen-bond acceptors (Lipinski definition) is 3. The Balaban J connectivity index is 1.90. The van der Waals surface area contributed by atoms with E-state index in [4.69, 9.17) is 0 Å². The topological polar surface area (TPSA) is 55.4 Å². The molecule has 1 aliphatic rings. The van der Waals surface area contributed by atoms with Gasteiger partial charge in [-0.2, -0.15) is 0 Å². The van der Waals surface area contributed by atoms with Gasteiger partial charge in [0.05, 0.1) is 6.04 Å². The summed E-state index contributed by atoms with van der Waals surface area (Å²) in [6.45, 7) is 0.803. The first-order chi connectivity index (χ1) is 6.75. The van der Waals surface area contributed by atoms with E-state index in [1.54, 1.807) is 12.1 Å². The highest BCUT2D eigenvalue weighted by Gasteiger charge is 2.21. The van der Waals surface area contributed by atoms with Crippen LogP contribution in [-0.2, 0) is 0 Å². The quantitative estimate of drug-likeness (QED) is 0.744. The van der Waals surface area contributed by atoms with Crippen LogP contribution in [0.15, 0.2) is 30.3 Å². The van der Waals surface area contributed by atoms with E-state index >= 15 is 0 Å². The Hall–Kier alpha value is -1.39. The van der Waals surface area contributed by atoms with Crippen molar-refractivity contribution >= 4 is 5.91 Å². The first kappa shape index (κ1) is 9.18. The molecule has 74 valence electrons. The van der Waals surface area contributed by atoms with Gasteiger partial charge in [-0.25, -0.2) is 0 Å². The Morgan fingerprint density at radius 3 is 2.57 bits per heavy atom. The lowest BCUT2D eigenvalue weighted by Crippen LogP contribution is -2.56. The molecule has 1 saturated heterocycles. The maximum Gasteiger partial charge on any atom is 0.251 e. The molecule has 1 aliphatic heterocycles. The van der Waals surface area contributed by atoms with Gasteiger partial charge in [0.25, 0.3) is 5.91 Å². The minimum absolute atomic E-state index is 0.0141. The molecule has 0 bridgehead atoms. The lowest BCUT2D eigenvalue weighted by atomic mass is 10.1. The molecule has 0 aliphatic carbocycles. The predicted octanol–water partition coefficient (Wildman–Crippen LogP) is 0.598. The lowest BCUT2D eigenvalue weighted by molar-refractivity contribution is 0.0877. The molecule has 0 spiro atoms. The van der Waals surface area contributed by atoms with Crippen molar-refractivity contribution < 1.29 is 4.79 Å². The van der Waals surface area contributed by atoms with Crippen LogP contribution < -0.4 is 5.32 Å². The van der Waals surface area contributed by atoms with Gasteiger partial charge in [-0.1, -0.05) is 18.2 Å². The molecule has 1 heterocycles. The van der Waals surface area contributed by atoms with E-state index in [0.29, 0.717) is 18.7 Å². The molecule has 0 radical (unpaired) electrons. The number of rotatable bonds is 2. The molecule has 0 saturated carbocycles. The molecule has 0 atom stereocenters. The number of hydroxylamine groups is 2. The van der Waals surface area contributed by atoms with Gasteiger partial charge in [0.2, 0.25) is 0 Å². The van der Waals surface area contributed by atoms with E-state index in [-0.39, 0.29) is 11.9 Å². The van der Waals surface area contributed by atoms with Crippen LogP contribution in [-0.4, -0.2) is 30.1 Å². The van der Waals surface area contributed by atoms with Gasteiger partial charge in [-0.3, -0.25) is 4.79 Å². The summed E-state index contributed by atoms with van der Waals surface area (Å²) in [5, 5.41) is 14.3. The molecule has 1 amide bonds. The maximum atomic E-state index is 11.5. The van der Waals surface area contributed by atoms with E-state index in [9.17, 15) is 10.0 Å². The Bertz CT molecular complexity index is 320. The third-order valence-electron chi connectivity index (χ3n) is 2.22. The average Bonchev–Trinajstić information content (AvgIpc) is 2.17. The smallest absolute Gasteiger partial charge is 0.251 e. The van der Waals surface area contributed by atoms with Crippen molar-refractivity contribution in [3.63, 3.8) is 0 Å². The zero-order valence-electron chi connectivity index (χ0n) is 7.64. The summed E-state index contributed by atoms with van der Waals surface area (Å²) in [5.41, 5.74) is 0.636. The van der Waals surface area contributed by atoms with Crippen LogP contribution in [0.1, 0.15) is 10.4 Å². The molecule has 2 rings (SSSR count). The Kier molecular flexibility index (Phi) is 2.47. The second-order valence-corrected chi connectivity index (χ2v) is 3.38. The second-order valence-electron chi connectivity index (χ2n) is 3.38. The molecule has 0 unspecified atom stereocenters. The van der Waals surface area contributed by atoms with Crippen molar-refractivity contribution in [1.29, 1.82) is 0 Å². The first-order valence-electron chi connectivity index (χ1n) is 4.54. The largest absolute Gasteiger partial charge is 0.785 e. The molecule has 1 fully saturated rings. The molecule has 1 N–H and O–H groups in total. The van der Waals surface area contributed by atoms with Crippen molar-refractivity contribution in [2.75, 3.05) is 13.1 Å². The van der Waals surface area contributed by atoms with Crippen LogP contribution in [0.5, 0.6) is 0 Å². The van der Waals surface area contributed by atoms with Crippen LogP contribution in [0.4, 0.5) is 0 Å². The minimum atomic E-state index is -0.108. The number of nitrogens with one attached hydrogen (secondary N) is 1. The molecular formula is C10H11N2O2-. The van der Waals surface area contributed by atoms with Gasteiger partial charge in [0.1, 0.15) is 0 Å². The summed E-state index contributed by atoms with van der Waals surface area (Å²) >= 11 is 0. The fraction of sp³-hybridized carbons (Fsp3) is 0.300. The van der Waals surface area contributed by atoms with Gasteiger partial charge in [-0.15, -0.1) is 0 Å². The number of amides is 1. The highest BCUT2D eigenvalue weighted by atomic mass is 16.5. The van der Waals surface area contributed by atoms with Crippen LogP contribution >= 0.6 is 0 Å². The SMILES string of the molecule is O=C(NC1CN([O-])C1)c1ccccc1. The van der Waals surface area contributed by atoms with Gasteiger partial charge < -0.3 is 15.6 Å². The van der Waals surface area contributed by atoms with E-state index in [0.717, 1.165) is 5.06 Å². The molecule has 4 heteroatoms. The maximum absolute atomic E-state index is 11.5. The van der Waals surface area contributed by atoms with Crippen molar-refractivity contribution in [1.82, 2.24) is 10.4 Å². The highest BCUT2D eigenvalue weighted by Crippen LogP contribution is 2.06. The van der Waals surface area contributed by atoms with Gasteiger partial charge in [0, 0.05) is 18.7 Å². The van der Waals surface area contributed by atoms with E-state index < -0.39 is 0 Å². The lowest BCUT2D eigenvalue weighted by Gasteiger charge is -2.44. The zero-order chi connectivity index (χ0) is 9.97. The summed E-state index contributed by atoms with van der Waals surface area (Å²) < 4.78 is 0. The molecule has 14 heavy (non-hydrogen) atoms. The number of hydrogen-bond donors (Lipinski definition) is 1. The fourth-order valence-electron chi connectivity index (χ4n) is 1.39. The zero-order valence-corrected chi connectivity index (χ0v) is 7.64. The van der Waals surface area contributed by atoms with Crippen molar-refractivity contribution in [2.24, 2.45) is 0 Å². The monoisotopic (exact) mass is 191 g/mol. The molecule has 0 aromatic heterocycles. The molecule has 1 aromatic rings. The molecular weight excluding hydrogens is 180 g/mol. The number of carbonyl (C=O) groups excluding carboxylic acids is 1. The van der Waals surface area contributed by atoms with Crippen LogP contribution in [0.25, 0.3) is 0 Å². The highest BCUT2D eigenvalue weighted by molar-refractivity contribution is 5.94. The standard InChI is InChI=1S/C10H11N2O2/c13-10(8-4-2-1-3-5-8)11-9-6-12(14)7-9/h1-5,9H,6-7H2,(H,11,13)/q-1. The molecule has 4 nitrogen and oxygen atoms in total. The van der Waals surface area contributed by atoms with E-state index in [1.165, 1.54) is 0 Å². The third kappa shape index (κ3) is 1.92. The van der Waals surface area contributed by atoms with Crippen LogP contribution in [0, 0.1) is 5.21 Å². The Morgan fingerprint density at radius 2 is 2.00 bits per heavy atom. The summed E-state index contributed by atoms with van der Waals surface area (Å²) in [5.74, 6) is -0.108. The predicted molar refractivity (Wildman–Crippen MR) is 52.6 cm³/mol. The summed E-state index contributed by atoms with van der Waals surface area (Å²) in [6, 6.07) is 9.01. The summed E-state index contributed by atoms with van der Waals surface area (Å²) in [4.78, 5) is 11.5. The van der Waals surface area contributed by atoms with Gasteiger partial charge in [-0.05, 0) is 12.1 Å². The van der Waals surface area contributed by atoms with E-state index in [1.807, 2.05) is 18.2 Å². The summed E-state index contributed by atoms with van der Waals surface area (Å²) in [7, 11) is 0. The summed E-state index contributed by atoms with van der Waals surface area (Å²) in [6.07, 6.45) is 0. The fourth-order valence-corrected chi connectivity index (χ4v) is 1.39. The van der Waals surface area contributed by atoms with Crippen molar-refractivity contribution in [3.8, 4) is 0 Å². The third-order valence-corrected chi connectivity index (χ3v) is 2.22. The minimum Gasteiger partial charge on any atom is -0.785 e. The number of nitrogens with zero attached hydrogens (tertiary/aromatic N) is 1. The average molecular weight is 191 g/mol. The normalized spacial score (nSPS) is 17.5. The van der Waals surface area contributed by atoms with Crippen molar-refractivity contribution in [3.05, 3.63) is 41.1 Å². The second kappa shape index (κ2) is 3.77. The first-order valence-corrected chi connectivity index (χ1v) is 4.54. The Labute approximate surface area is 82.1 Å². The van der Waals surface area contributed by atoms with Crippen LogP contribution in [0.3, 0.4) is 0 Å².